The van der Waals surface area contributed by atoms with Crippen molar-refractivity contribution in [3.8, 4) is 22.3 Å². The zero-order valence-electron chi connectivity index (χ0n) is 107. The lowest BCUT2D eigenvalue weighted by molar-refractivity contribution is 0.420. The zero-order chi connectivity index (χ0) is 114. The molecule has 148 heavy (non-hydrogen) atoms. The molecule has 2 fully saturated rings. The van der Waals surface area contributed by atoms with Gasteiger partial charge in [-0.25, -0.2) is 0 Å². The van der Waals surface area contributed by atoms with Crippen molar-refractivity contribution in [2.75, 3.05) is 0 Å². The summed E-state index contributed by atoms with van der Waals surface area (Å²) in [5.74, 6) is 1.65. The molecule has 820 valence electrons. The van der Waals surface area contributed by atoms with E-state index >= 15 is 0 Å². The molecule has 0 unspecified atom stereocenters. The first-order valence-corrected chi connectivity index (χ1v) is 57.8. The fourth-order valence-electron chi connectivity index (χ4n) is 21.5. The second kappa shape index (κ2) is 49.3. The molecule has 2 aliphatic rings. The summed E-state index contributed by atoms with van der Waals surface area (Å²) in [7, 11) is 0. The molecule has 2 aliphatic carbocycles. The molecule has 0 radical (unpaired) electrons. The predicted molar refractivity (Wildman–Crippen MR) is 669 cm³/mol. The molecular weight excluding hydrogens is 1780 g/mol. The number of benzene rings is 10. The van der Waals surface area contributed by atoms with Crippen molar-refractivity contribution in [2.45, 2.75) is 574 Å². The van der Waals surface area contributed by atoms with Gasteiger partial charge in [-0.15, -0.1) is 0 Å². The van der Waals surface area contributed by atoms with Gasteiger partial charge in [0.05, 0.1) is 0 Å². The molecule has 0 aliphatic heterocycles. The van der Waals surface area contributed by atoms with E-state index in [0.717, 1.165) is 11.8 Å². The van der Waals surface area contributed by atoms with Crippen molar-refractivity contribution in [2.24, 2.45) is 0 Å². The second-order valence-electron chi connectivity index (χ2n) is 64.0. The third-order valence-corrected chi connectivity index (χ3v) is 29.9. The lowest BCUT2D eigenvalue weighted by atomic mass is 9.66. The molecule has 10 aromatic rings. The minimum Gasteiger partial charge on any atom is -0.0622 e. The summed E-state index contributed by atoms with van der Waals surface area (Å²) in [6, 6.07) is 78.8. The van der Waals surface area contributed by atoms with E-state index in [1.54, 1.807) is 22.3 Å². The topological polar surface area (TPSA) is 0 Å². The highest BCUT2D eigenvalue weighted by atomic mass is 14.4. The zero-order valence-corrected chi connectivity index (χ0v) is 107. The molecule has 0 saturated heterocycles. The van der Waals surface area contributed by atoms with Crippen LogP contribution < -0.4 is 0 Å². The molecule has 0 atom stereocenters. The van der Waals surface area contributed by atoms with Crippen molar-refractivity contribution in [3.63, 3.8) is 0 Å². The summed E-state index contributed by atoms with van der Waals surface area (Å²) < 4.78 is 0. The van der Waals surface area contributed by atoms with Crippen LogP contribution in [0, 0.1) is 0 Å². The summed E-state index contributed by atoms with van der Waals surface area (Å²) in [5.41, 5.74) is 40.7. The fraction of sp³-hybridized carbons (Fsp3) is 0.595. The molecule has 0 nitrogen and oxygen atoms in total. The van der Waals surface area contributed by atoms with Gasteiger partial charge >= 0.3 is 0 Å². The SMILES string of the molecule is CC(C)(C)c1c(-c2ccccc2)cccc1-c1ccccc1.CC(C)(C)c1c(C2CCCCC2)cccc1C1CCCCC1.CC(C)(C)c1cc(C(C)(C)C)c(C(C)(C)C)c(C(C)(C)C)c1.CC(C)(C)c1ccc(C(C)(C)C)c(C(C)(C)C)c1.CC(C)(C)c1ccc(C(C)(C)C)c(C(C)(C)C)c1.CC(C)(C)c1cccc(C(C)(C)C)c1.CC(C)(C)c1cccc(C(C)(C)C)c1C(C)(C)C.CC(C)(C)c1ccccc1C(C)(C)C. The maximum Gasteiger partial charge on any atom is -0.0120 e. The standard InChI is InChI=1S/C22H34.C22H22.C22H38.3C18H30.2C14H22/c2*1-22(2,3)21-19(17-11-6-4-7-12-17)15-10-16-20(21)18-13-8-5-9-14-18;1-19(2,3)15-13-16(20(4,5)6)18(22(10,11)12)17(14-15)21(7,8)9;2*1-16(2,3)13-10-11-14(17(4,5)6)15(12-13)18(7,8)9;1-16(2,3)13-11-10-12-14(17(4,5)6)15(13)18(7,8)9;1-13(2,3)11-8-7-9-12(10-11)14(4,5)6;1-13(2,3)11-9-7-8-10-12(11)14(4,5)6/h10,15-18H,4-9,11-14H2,1-3H3;4-16H,1-3H3;13-14H,1-12H3;3*10-12H,1-9H3;2*7-10H,1-6H3. The Morgan fingerprint density at radius 3 is 0.595 bits per heavy atom. The van der Waals surface area contributed by atoms with Gasteiger partial charge in [0.1, 0.15) is 0 Å². The predicted octanol–water partition coefficient (Wildman–Crippen LogP) is 45.6. The van der Waals surface area contributed by atoms with Gasteiger partial charge in [0.15, 0.2) is 0 Å². The molecular formula is C148H228. The van der Waals surface area contributed by atoms with Gasteiger partial charge in [-0.3, -0.25) is 0 Å². The molecule has 0 spiro atoms. The first-order chi connectivity index (χ1) is 66.5. The molecule has 2 saturated carbocycles. The van der Waals surface area contributed by atoms with Crippen LogP contribution in [0.25, 0.3) is 22.3 Å². The smallest absolute Gasteiger partial charge is 0.0120 e. The summed E-state index contributed by atoms with van der Waals surface area (Å²) in [5, 5.41) is 0. The van der Waals surface area contributed by atoms with Gasteiger partial charge in [0.25, 0.3) is 0 Å². The summed E-state index contributed by atoms with van der Waals surface area (Å²) in [4.78, 5) is 0. The lowest BCUT2D eigenvalue weighted by Crippen LogP contribution is -2.29. The van der Waals surface area contributed by atoms with Crippen LogP contribution >= 0.6 is 0 Å². The Bertz CT molecular complexity index is 5440. The van der Waals surface area contributed by atoms with Gasteiger partial charge < -0.3 is 0 Å². The lowest BCUT2D eigenvalue weighted by Gasteiger charge is -2.38. The molecule has 0 heteroatoms. The highest BCUT2D eigenvalue weighted by Crippen LogP contribution is 2.50. The van der Waals surface area contributed by atoms with Gasteiger partial charge in [0, 0.05) is 0 Å². The molecule has 0 N–H and O–H groups in total. The Hall–Kier alpha value is -7.80. The number of hydrogen-bond donors (Lipinski definition) is 0. The Morgan fingerprint density at radius 1 is 0.135 bits per heavy atom. The van der Waals surface area contributed by atoms with Crippen LogP contribution in [-0.4, -0.2) is 0 Å². The van der Waals surface area contributed by atoms with Crippen molar-refractivity contribution in [1.29, 1.82) is 0 Å². The van der Waals surface area contributed by atoms with E-state index in [4.69, 9.17) is 0 Å². The molecule has 0 heterocycles. The summed E-state index contributed by atoms with van der Waals surface area (Å²) in [6.45, 7) is 132. The Balaban J connectivity index is 0.000000299. The van der Waals surface area contributed by atoms with Gasteiger partial charge in [-0.2, -0.15) is 0 Å². The van der Waals surface area contributed by atoms with Crippen LogP contribution in [0.1, 0.15) is 588 Å². The van der Waals surface area contributed by atoms with E-state index in [1.165, 1.54) is 181 Å². The highest BCUT2D eigenvalue weighted by molar-refractivity contribution is 5.80. The first-order valence-electron chi connectivity index (χ1n) is 57.8. The Kier molecular flexibility index (Phi) is 43.5. The van der Waals surface area contributed by atoms with E-state index in [1.807, 2.05) is 0 Å². The van der Waals surface area contributed by atoms with Crippen molar-refractivity contribution < 1.29 is 0 Å². The monoisotopic (exact) mass is 2010 g/mol. The first kappa shape index (κ1) is 131. The summed E-state index contributed by atoms with van der Waals surface area (Å²) >= 11 is 0. The van der Waals surface area contributed by atoms with E-state index in [-0.39, 0.29) is 103 Å². The maximum absolute atomic E-state index is 2.47. The average Bonchev–Trinajstić information content (AvgIpc) is 0.719. The third-order valence-electron chi connectivity index (χ3n) is 29.9. The molecule has 12 rings (SSSR count). The van der Waals surface area contributed by atoms with E-state index in [9.17, 15) is 0 Å². The number of hydrogen-bond acceptors (Lipinski definition) is 0. The van der Waals surface area contributed by atoms with Crippen molar-refractivity contribution in [1.82, 2.24) is 0 Å². The number of rotatable bonds is 4. The molecule has 0 amide bonds. The fourth-order valence-corrected chi connectivity index (χ4v) is 21.5. The average molecular weight is 2010 g/mol. The Morgan fingerprint density at radius 2 is 0.345 bits per heavy atom. The Labute approximate surface area is 918 Å². The van der Waals surface area contributed by atoms with Crippen molar-refractivity contribution in [3.05, 3.63) is 329 Å². The quantitative estimate of drug-likeness (QED) is 0.165. The minimum atomic E-state index is 0.0810. The molecule has 0 aromatic heterocycles. The van der Waals surface area contributed by atoms with Crippen LogP contribution in [0.3, 0.4) is 0 Å². The third kappa shape index (κ3) is 38.7. The van der Waals surface area contributed by atoms with Crippen LogP contribution in [0.2, 0.25) is 0 Å². The van der Waals surface area contributed by atoms with E-state index in [2.05, 4.69) is 607 Å². The minimum absolute atomic E-state index is 0.0810. The summed E-state index contributed by atoms with van der Waals surface area (Å²) in [6.07, 6.45) is 14.3. The maximum atomic E-state index is 2.47. The van der Waals surface area contributed by atoms with Crippen LogP contribution in [0.15, 0.2) is 212 Å². The highest BCUT2D eigenvalue weighted by Gasteiger charge is 2.39. The van der Waals surface area contributed by atoms with Gasteiger partial charge in [-0.05, 0) is 279 Å². The van der Waals surface area contributed by atoms with Crippen molar-refractivity contribution >= 4 is 0 Å². The second-order valence-corrected chi connectivity index (χ2v) is 64.0. The van der Waals surface area contributed by atoms with E-state index < -0.39 is 0 Å². The van der Waals surface area contributed by atoms with Crippen LogP contribution in [-0.2, 0) is 103 Å². The normalized spacial score (nSPS) is 14.6. The van der Waals surface area contributed by atoms with Crippen LogP contribution in [0.4, 0.5) is 0 Å². The van der Waals surface area contributed by atoms with Crippen LogP contribution in [0.5, 0.6) is 0 Å². The molecule has 10 aromatic carbocycles. The van der Waals surface area contributed by atoms with E-state index in [0.29, 0.717) is 0 Å². The molecule has 0 bridgehead atoms. The largest absolute Gasteiger partial charge is 0.0622 e. The van der Waals surface area contributed by atoms with Gasteiger partial charge in [0.2, 0.25) is 0 Å². The van der Waals surface area contributed by atoms with Gasteiger partial charge in [-0.1, -0.05) is 646 Å².